The van der Waals surface area contributed by atoms with Crippen LogP contribution in [-0.4, -0.2) is 60.6 Å². The number of benzene rings is 1. The first-order valence-electron chi connectivity index (χ1n) is 9.74. The fourth-order valence-electron chi connectivity index (χ4n) is 4.94. The molecule has 0 aliphatic carbocycles. The number of piperidine rings is 2. The Morgan fingerprint density at radius 3 is 2.54 bits per heavy atom. The van der Waals surface area contributed by atoms with Gasteiger partial charge in [0.15, 0.2) is 0 Å². The smallest absolute Gasteiger partial charge is 0.0406 e. The van der Waals surface area contributed by atoms with E-state index in [0.29, 0.717) is 6.04 Å². The molecule has 1 aromatic rings. The highest BCUT2D eigenvalue weighted by atomic mass is 35.5. The molecule has 4 rings (SSSR count). The second-order valence-electron chi connectivity index (χ2n) is 7.81. The zero-order valence-corrected chi connectivity index (χ0v) is 15.3. The van der Waals surface area contributed by atoms with E-state index >= 15 is 0 Å². The molecular weight excluding hydrogens is 318 g/mol. The van der Waals surface area contributed by atoms with Crippen molar-refractivity contribution in [1.82, 2.24) is 15.1 Å². The quantitative estimate of drug-likeness (QED) is 0.906. The molecule has 0 bridgehead atoms. The highest BCUT2D eigenvalue weighted by molar-refractivity contribution is 6.30. The van der Waals surface area contributed by atoms with Crippen molar-refractivity contribution in [3.63, 3.8) is 0 Å². The van der Waals surface area contributed by atoms with E-state index in [2.05, 4.69) is 27.2 Å². The Balaban J connectivity index is 1.51. The maximum atomic E-state index is 6.07. The Kier molecular flexibility index (Phi) is 5.43. The van der Waals surface area contributed by atoms with Crippen LogP contribution in [0.3, 0.4) is 0 Å². The zero-order valence-electron chi connectivity index (χ0n) is 14.6. The topological polar surface area (TPSA) is 18.5 Å². The Labute approximate surface area is 151 Å². The maximum Gasteiger partial charge on any atom is 0.0406 e. The molecule has 3 heterocycles. The lowest BCUT2D eigenvalue weighted by Crippen LogP contribution is -2.63. The number of nitrogens with zero attached hydrogens (tertiary/aromatic N) is 2. The molecule has 3 fully saturated rings. The summed E-state index contributed by atoms with van der Waals surface area (Å²) in [6, 6.07) is 10.7. The van der Waals surface area contributed by atoms with Crippen LogP contribution in [0, 0.1) is 0 Å². The molecule has 0 radical (unpaired) electrons. The van der Waals surface area contributed by atoms with E-state index < -0.39 is 0 Å². The average Bonchev–Trinajstić information content (AvgIpc) is 2.64. The van der Waals surface area contributed by atoms with Gasteiger partial charge < -0.3 is 5.32 Å². The number of hydrogen-bond donors (Lipinski definition) is 1. The van der Waals surface area contributed by atoms with Gasteiger partial charge in [-0.25, -0.2) is 0 Å². The fourth-order valence-corrected chi connectivity index (χ4v) is 5.06. The Morgan fingerprint density at radius 1 is 0.958 bits per heavy atom. The van der Waals surface area contributed by atoms with Crippen molar-refractivity contribution < 1.29 is 0 Å². The highest BCUT2D eigenvalue weighted by Gasteiger charge is 2.38. The van der Waals surface area contributed by atoms with Gasteiger partial charge >= 0.3 is 0 Å². The van der Waals surface area contributed by atoms with E-state index in [1.165, 1.54) is 70.4 Å². The summed E-state index contributed by atoms with van der Waals surface area (Å²) in [5, 5.41) is 4.37. The van der Waals surface area contributed by atoms with E-state index in [1.807, 2.05) is 12.1 Å². The first-order valence-corrected chi connectivity index (χ1v) is 10.1. The molecule has 0 amide bonds. The van der Waals surface area contributed by atoms with Gasteiger partial charge in [-0.2, -0.15) is 0 Å². The Hall–Kier alpha value is -0.610. The summed E-state index contributed by atoms with van der Waals surface area (Å²) >= 11 is 6.07. The Morgan fingerprint density at radius 2 is 1.75 bits per heavy atom. The lowest BCUT2D eigenvalue weighted by molar-refractivity contribution is -0.0204. The second kappa shape index (κ2) is 7.74. The summed E-state index contributed by atoms with van der Waals surface area (Å²) in [6.45, 7) is 6.20. The van der Waals surface area contributed by atoms with Crippen LogP contribution in [0.2, 0.25) is 5.02 Å². The third-order valence-corrected chi connectivity index (χ3v) is 6.50. The van der Waals surface area contributed by atoms with Crippen molar-refractivity contribution >= 4 is 11.6 Å². The molecular formula is C20H30ClN3. The molecule has 3 aliphatic heterocycles. The van der Waals surface area contributed by atoms with Crippen LogP contribution in [0.1, 0.15) is 37.7 Å². The average molecular weight is 348 g/mol. The van der Waals surface area contributed by atoms with Crippen LogP contribution < -0.4 is 5.32 Å². The van der Waals surface area contributed by atoms with Gasteiger partial charge in [0, 0.05) is 36.2 Å². The Bertz CT molecular complexity index is 526. The van der Waals surface area contributed by atoms with E-state index in [4.69, 9.17) is 11.6 Å². The summed E-state index contributed by atoms with van der Waals surface area (Å²) in [7, 11) is 0. The number of rotatable bonds is 3. The van der Waals surface area contributed by atoms with Crippen LogP contribution in [0.4, 0.5) is 0 Å². The van der Waals surface area contributed by atoms with Gasteiger partial charge in [0.2, 0.25) is 0 Å². The molecule has 0 spiro atoms. The van der Waals surface area contributed by atoms with Crippen LogP contribution in [-0.2, 0) is 6.42 Å². The number of hydrogen-bond acceptors (Lipinski definition) is 3. The van der Waals surface area contributed by atoms with Crippen molar-refractivity contribution in [2.75, 3.05) is 32.7 Å². The van der Waals surface area contributed by atoms with E-state index in [1.54, 1.807) is 0 Å². The van der Waals surface area contributed by atoms with Crippen LogP contribution in [0.15, 0.2) is 24.3 Å². The molecule has 24 heavy (non-hydrogen) atoms. The van der Waals surface area contributed by atoms with Gasteiger partial charge in [-0.1, -0.05) is 30.2 Å². The molecule has 0 saturated carbocycles. The van der Waals surface area contributed by atoms with Crippen molar-refractivity contribution in [3.8, 4) is 0 Å². The highest BCUT2D eigenvalue weighted by Crippen LogP contribution is 2.29. The van der Waals surface area contributed by atoms with Gasteiger partial charge in [-0.15, -0.1) is 0 Å². The second-order valence-corrected chi connectivity index (χ2v) is 8.24. The third-order valence-electron chi connectivity index (χ3n) is 6.25. The van der Waals surface area contributed by atoms with Crippen LogP contribution in [0.25, 0.3) is 0 Å². The summed E-state index contributed by atoms with van der Waals surface area (Å²) in [6.07, 6.45) is 7.98. The number of piperazine rings is 1. The van der Waals surface area contributed by atoms with Gasteiger partial charge in [0.1, 0.15) is 0 Å². The molecule has 3 nitrogen and oxygen atoms in total. The number of halogens is 1. The first-order chi connectivity index (χ1) is 11.8. The predicted octanol–water partition coefficient (Wildman–Crippen LogP) is 3.17. The van der Waals surface area contributed by atoms with Gasteiger partial charge in [0.05, 0.1) is 0 Å². The SMILES string of the molecule is Clc1ccc(C[C@H]2CN3CCCC[C@H]3CN2C2CCNCC2)cc1. The van der Waals surface area contributed by atoms with E-state index in [-0.39, 0.29) is 0 Å². The molecule has 0 aromatic heterocycles. The van der Waals surface area contributed by atoms with Crippen molar-refractivity contribution in [2.45, 2.75) is 56.7 Å². The molecule has 1 N–H and O–H groups in total. The third kappa shape index (κ3) is 3.80. The normalized spacial score (nSPS) is 30.2. The van der Waals surface area contributed by atoms with Gasteiger partial charge in [0.25, 0.3) is 0 Å². The minimum Gasteiger partial charge on any atom is -0.317 e. The molecule has 3 saturated heterocycles. The standard InChI is InChI=1S/C20H30ClN3/c21-17-6-4-16(5-7-17)13-20-14-23-12-2-1-3-19(23)15-24(20)18-8-10-22-11-9-18/h4-7,18-20,22H,1-3,8-15H2/t19-,20-/m0/s1. The lowest BCUT2D eigenvalue weighted by Gasteiger charge is -2.52. The van der Waals surface area contributed by atoms with Crippen LogP contribution >= 0.6 is 11.6 Å². The minimum atomic E-state index is 0.656. The largest absolute Gasteiger partial charge is 0.317 e. The maximum absolute atomic E-state index is 6.07. The predicted molar refractivity (Wildman–Crippen MR) is 101 cm³/mol. The van der Waals surface area contributed by atoms with E-state index in [0.717, 1.165) is 23.5 Å². The van der Waals surface area contributed by atoms with Crippen LogP contribution in [0.5, 0.6) is 0 Å². The summed E-state index contributed by atoms with van der Waals surface area (Å²) in [5.41, 5.74) is 1.43. The molecule has 2 atom stereocenters. The zero-order chi connectivity index (χ0) is 16.4. The van der Waals surface area contributed by atoms with Crippen molar-refractivity contribution in [3.05, 3.63) is 34.9 Å². The first kappa shape index (κ1) is 16.8. The molecule has 1 aromatic carbocycles. The fraction of sp³-hybridized carbons (Fsp3) is 0.700. The number of fused-ring (bicyclic) bond motifs is 1. The van der Waals surface area contributed by atoms with Crippen molar-refractivity contribution in [2.24, 2.45) is 0 Å². The summed E-state index contributed by atoms with van der Waals surface area (Å²) in [5.74, 6) is 0. The van der Waals surface area contributed by atoms with E-state index in [9.17, 15) is 0 Å². The molecule has 132 valence electrons. The molecule has 3 aliphatic rings. The molecule has 4 heteroatoms. The minimum absolute atomic E-state index is 0.656. The molecule has 0 unspecified atom stereocenters. The van der Waals surface area contributed by atoms with Gasteiger partial charge in [-0.05, 0) is 69.4 Å². The summed E-state index contributed by atoms with van der Waals surface area (Å²) < 4.78 is 0. The van der Waals surface area contributed by atoms with Crippen molar-refractivity contribution in [1.29, 1.82) is 0 Å². The summed E-state index contributed by atoms with van der Waals surface area (Å²) in [4.78, 5) is 5.66. The number of nitrogens with one attached hydrogen (secondary N) is 1. The van der Waals surface area contributed by atoms with Gasteiger partial charge in [-0.3, -0.25) is 9.80 Å². The lowest BCUT2D eigenvalue weighted by atomic mass is 9.91. The monoisotopic (exact) mass is 347 g/mol.